The van der Waals surface area contributed by atoms with Gasteiger partial charge in [0.2, 0.25) is 5.91 Å². The molecule has 29 heavy (non-hydrogen) atoms. The average molecular weight is 431 g/mol. The van der Waals surface area contributed by atoms with E-state index in [4.69, 9.17) is 4.42 Å². The molecule has 4 aliphatic rings. The van der Waals surface area contributed by atoms with Gasteiger partial charge in [0.05, 0.1) is 22.1 Å². The highest BCUT2D eigenvalue weighted by molar-refractivity contribution is 8.00. The van der Waals surface area contributed by atoms with Crippen molar-refractivity contribution in [2.45, 2.75) is 61.3 Å². The van der Waals surface area contributed by atoms with Crippen molar-refractivity contribution >= 4 is 29.0 Å². The summed E-state index contributed by atoms with van der Waals surface area (Å²) < 4.78 is 7.66. The minimum absolute atomic E-state index is 0.0109. The molecule has 2 saturated carbocycles. The second-order valence-electron chi connectivity index (χ2n) is 9.05. The van der Waals surface area contributed by atoms with E-state index >= 15 is 0 Å². The van der Waals surface area contributed by atoms with Gasteiger partial charge in [0, 0.05) is 18.3 Å². The minimum Gasteiger partial charge on any atom is -0.469 e. The van der Waals surface area contributed by atoms with Crippen molar-refractivity contribution in [1.29, 1.82) is 0 Å². The summed E-state index contributed by atoms with van der Waals surface area (Å²) in [5, 5.41) is 1.59. The van der Waals surface area contributed by atoms with Gasteiger partial charge in [0.1, 0.15) is 12.3 Å². The molecular weight excluding hydrogens is 404 g/mol. The molecule has 0 radical (unpaired) electrons. The molecule has 3 fully saturated rings. The summed E-state index contributed by atoms with van der Waals surface area (Å²) in [7, 11) is 0. The SMILES string of the molecule is O=C(Cn1c2c(sc1=O)[C@H](c1ccco1)C1C3CCC(C3)C1S2)N1CCCCC1. The van der Waals surface area contributed by atoms with E-state index in [2.05, 4.69) is 6.07 Å². The number of likely N-dealkylation sites (tertiary alicyclic amines) is 1. The van der Waals surface area contributed by atoms with E-state index in [-0.39, 0.29) is 23.2 Å². The Bertz CT molecular complexity index is 973. The summed E-state index contributed by atoms with van der Waals surface area (Å²) in [6.45, 7) is 1.85. The molecule has 4 unspecified atom stereocenters. The average Bonchev–Trinajstić information content (AvgIpc) is 3.53. The van der Waals surface area contributed by atoms with Gasteiger partial charge < -0.3 is 9.32 Å². The largest absolute Gasteiger partial charge is 0.469 e. The summed E-state index contributed by atoms with van der Waals surface area (Å²) in [6, 6.07) is 4.03. The highest BCUT2D eigenvalue weighted by Gasteiger charge is 2.56. The maximum Gasteiger partial charge on any atom is 0.308 e. The van der Waals surface area contributed by atoms with E-state index in [1.165, 1.54) is 37.0 Å². The zero-order chi connectivity index (χ0) is 19.5. The van der Waals surface area contributed by atoms with E-state index in [0.29, 0.717) is 11.2 Å². The third-order valence-electron chi connectivity index (χ3n) is 7.54. The van der Waals surface area contributed by atoms with Crippen molar-refractivity contribution in [3.05, 3.63) is 38.7 Å². The smallest absolute Gasteiger partial charge is 0.308 e. The summed E-state index contributed by atoms with van der Waals surface area (Å²) in [5.41, 5.74) is 0. The van der Waals surface area contributed by atoms with Gasteiger partial charge in [0.25, 0.3) is 0 Å². The molecule has 5 atom stereocenters. The second kappa shape index (κ2) is 7.05. The van der Waals surface area contributed by atoms with E-state index in [1.807, 2.05) is 22.7 Å². The van der Waals surface area contributed by atoms with Gasteiger partial charge in [-0.3, -0.25) is 14.2 Å². The molecule has 2 aromatic rings. The lowest BCUT2D eigenvalue weighted by Crippen LogP contribution is -2.39. The molecule has 0 spiro atoms. The Balaban J connectivity index is 1.39. The van der Waals surface area contributed by atoms with Crippen LogP contribution in [0.3, 0.4) is 0 Å². The van der Waals surface area contributed by atoms with Gasteiger partial charge in [-0.2, -0.15) is 0 Å². The van der Waals surface area contributed by atoms with Crippen molar-refractivity contribution in [1.82, 2.24) is 9.47 Å². The van der Waals surface area contributed by atoms with E-state index in [1.54, 1.807) is 10.8 Å². The van der Waals surface area contributed by atoms with Crippen LogP contribution in [0, 0.1) is 17.8 Å². The van der Waals surface area contributed by atoms with Crippen molar-refractivity contribution < 1.29 is 9.21 Å². The van der Waals surface area contributed by atoms with Gasteiger partial charge in [-0.25, -0.2) is 0 Å². The van der Waals surface area contributed by atoms with Crippen LogP contribution in [0.4, 0.5) is 0 Å². The first-order valence-electron chi connectivity index (χ1n) is 10.9. The molecule has 2 aliphatic carbocycles. The lowest BCUT2D eigenvalue weighted by Gasteiger charge is -2.39. The Morgan fingerprint density at radius 3 is 2.79 bits per heavy atom. The summed E-state index contributed by atoms with van der Waals surface area (Å²) >= 11 is 3.23. The number of aromatic nitrogens is 1. The van der Waals surface area contributed by atoms with Crippen LogP contribution in [0.2, 0.25) is 0 Å². The van der Waals surface area contributed by atoms with Crippen LogP contribution in [0.1, 0.15) is 55.1 Å². The number of hydrogen-bond acceptors (Lipinski definition) is 5. The highest BCUT2D eigenvalue weighted by Crippen LogP contribution is 2.64. The van der Waals surface area contributed by atoms with Crippen molar-refractivity contribution in [3.63, 3.8) is 0 Å². The lowest BCUT2D eigenvalue weighted by molar-refractivity contribution is -0.132. The standard InChI is InChI=1S/C22H26N2O3S2/c25-16(23-8-2-1-3-9-23)12-24-21-20(29-22(24)26)18(15-5-4-10-27-15)17-13-6-7-14(11-13)19(17)28-21/h4-5,10,13-14,17-19H,1-3,6-9,11-12H2/t13?,14?,17?,18-,19?/m1/s1. The fourth-order valence-corrected chi connectivity index (χ4v) is 9.38. The van der Waals surface area contributed by atoms with Crippen LogP contribution in [0.15, 0.2) is 32.6 Å². The Morgan fingerprint density at radius 1 is 1.17 bits per heavy atom. The normalized spacial score (nSPS) is 33.0. The molecule has 7 heteroatoms. The summed E-state index contributed by atoms with van der Waals surface area (Å²) in [6.07, 6.45) is 9.02. The lowest BCUT2D eigenvalue weighted by atomic mass is 9.77. The molecular formula is C22H26N2O3S2. The Kier molecular flexibility index (Phi) is 4.45. The van der Waals surface area contributed by atoms with Gasteiger partial charge >= 0.3 is 4.87 Å². The number of piperidine rings is 1. The molecule has 4 heterocycles. The first-order chi connectivity index (χ1) is 14.2. The van der Waals surface area contributed by atoms with Gasteiger partial charge in [-0.05, 0) is 68.4 Å². The fraction of sp³-hybridized carbons (Fsp3) is 0.636. The molecule has 0 aromatic carbocycles. The molecule has 154 valence electrons. The number of thioether (sulfide) groups is 1. The molecule has 2 aromatic heterocycles. The Morgan fingerprint density at radius 2 is 2.00 bits per heavy atom. The van der Waals surface area contributed by atoms with Crippen molar-refractivity contribution in [2.24, 2.45) is 17.8 Å². The van der Waals surface area contributed by atoms with E-state index in [0.717, 1.165) is 53.4 Å². The number of furan rings is 1. The Labute approximate surface area is 178 Å². The van der Waals surface area contributed by atoms with Crippen LogP contribution >= 0.6 is 23.1 Å². The summed E-state index contributed by atoms with van der Waals surface area (Å²) in [4.78, 5) is 29.0. The van der Waals surface area contributed by atoms with Crippen molar-refractivity contribution in [2.75, 3.05) is 13.1 Å². The predicted octanol–water partition coefficient (Wildman–Crippen LogP) is 4.17. The molecule has 0 N–H and O–H groups in total. The first kappa shape index (κ1) is 18.3. The third kappa shape index (κ3) is 2.87. The topological polar surface area (TPSA) is 55.5 Å². The van der Waals surface area contributed by atoms with Gasteiger partial charge in [-0.15, -0.1) is 11.8 Å². The molecule has 6 rings (SSSR count). The molecule has 5 nitrogen and oxygen atoms in total. The number of nitrogens with zero attached hydrogens (tertiary/aromatic N) is 2. The number of carbonyl (C=O) groups excluding carboxylic acids is 1. The minimum atomic E-state index is 0.0109. The highest BCUT2D eigenvalue weighted by atomic mass is 32.2. The van der Waals surface area contributed by atoms with Crippen LogP contribution in [-0.2, 0) is 11.3 Å². The first-order valence-corrected chi connectivity index (χ1v) is 12.6. The number of hydrogen-bond donors (Lipinski definition) is 0. The summed E-state index contributed by atoms with van der Waals surface area (Å²) in [5.74, 6) is 3.29. The van der Waals surface area contributed by atoms with Crippen LogP contribution in [-0.4, -0.2) is 33.7 Å². The molecule has 1 amide bonds. The van der Waals surface area contributed by atoms with Crippen molar-refractivity contribution in [3.8, 4) is 0 Å². The van der Waals surface area contributed by atoms with E-state index in [9.17, 15) is 9.59 Å². The maximum absolute atomic E-state index is 13.0. The number of thiazole rings is 1. The third-order valence-corrected chi connectivity index (χ3v) is 10.4. The number of fused-ring (bicyclic) bond motifs is 6. The zero-order valence-electron chi connectivity index (χ0n) is 16.4. The van der Waals surface area contributed by atoms with Gasteiger partial charge in [-0.1, -0.05) is 11.3 Å². The quantitative estimate of drug-likeness (QED) is 0.733. The predicted molar refractivity (Wildman–Crippen MR) is 114 cm³/mol. The monoisotopic (exact) mass is 430 g/mol. The maximum atomic E-state index is 13.0. The van der Waals surface area contributed by atoms with Gasteiger partial charge in [0.15, 0.2) is 0 Å². The van der Waals surface area contributed by atoms with Crippen LogP contribution in [0.25, 0.3) is 0 Å². The van der Waals surface area contributed by atoms with Crippen LogP contribution in [0.5, 0.6) is 0 Å². The second-order valence-corrected chi connectivity index (χ2v) is 11.2. The molecule has 2 bridgehead atoms. The van der Waals surface area contributed by atoms with E-state index < -0.39 is 0 Å². The fourth-order valence-electron chi connectivity index (χ4n) is 6.25. The number of carbonyl (C=O) groups is 1. The Hall–Kier alpha value is -1.47. The number of rotatable bonds is 3. The molecule has 1 saturated heterocycles. The molecule has 2 aliphatic heterocycles. The zero-order valence-corrected chi connectivity index (χ0v) is 18.1. The van der Waals surface area contributed by atoms with Crippen LogP contribution < -0.4 is 4.87 Å². The number of amides is 1.